The van der Waals surface area contributed by atoms with Crippen molar-refractivity contribution in [1.29, 1.82) is 0 Å². The zero-order valence-electron chi connectivity index (χ0n) is 12.5. The van der Waals surface area contributed by atoms with Crippen LogP contribution in [0.5, 0.6) is 0 Å². The van der Waals surface area contributed by atoms with Crippen LogP contribution in [0.25, 0.3) is 11.0 Å². The zero-order valence-corrected chi connectivity index (χ0v) is 12.5. The fourth-order valence-corrected chi connectivity index (χ4v) is 3.30. The number of para-hydroxylation sites is 2. The second-order valence-electron chi connectivity index (χ2n) is 5.75. The van der Waals surface area contributed by atoms with Crippen molar-refractivity contribution in [3.8, 4) is 0 Å². The number of hydrogen-bond acceptors (Lipinski definition) is 3. The molecule has 118 valence electrons. The Morgan fingerprint density at radius 2 is 2.22 bits per heavy atom. The summed E-state index contributed by atoms with van der Waals surface area (Å²) in [6.45, 7) is 0.737. The molecule has 1 aliphatic heterocycles. The minimum absolute atomic E-state index is 0.0293. The molecule has 2 N–H and O–H groups in total. The molecule has 0 saturated carbocycles. The molecule has 3 heterocycles. The molecule has 1 saturated heterocycles. The van der Waals surface area contributed by atoms with E-state index in [1.54, 1.807) is 12.4 Å². The second kappa shape index (κ2) is 5.42. The lowest BCUT2D eigenvalue weighted by Crippen LogP contribution is -2.36. The summed E-state index contributed by atoms with van der Waals surface area (Å²) in [6.07, 6.45) is 5.29. The van der Waals surface area contributed by atoms with E-state index in [-0.39, 0.29) is 24.2 Å². The van der Waals surface area contributed by atoms with Gasteiger partial charge in [-0.15, -0.1) is 0 Å². The number of likely N-dealkylation sites (tertiary alicyclic amines) is 1. The highest BCUT2D eigenvalue weighted by Crippen LogP contribution is 2.29. The van der Waals surface area contributed by atoms with E-state index in [0.29, 0.717) is 6.54 Å². The van der Waals surface area contributed by atoms with Crippen LogP contribution in [0.2, 0.25) is 0 Å². The number of rotatable bonds is 3. The minimum atomic E-state index is -0.256. The molecule has 1 atom stereocenters. The predicted molar refractivity (Wildman–Crippen MR) is 84.8 cm³/mol. The van der Waals surface area contributed by atoms with E-state index in [9.17, 15) is 9.59 Å². The van der Waals surface area contributed by atoms with Crippen LogP contribution in [-0.2, 0) is 11.3 Å². The number of hydrogen-bond donors (Lipinski definition) is 2. The monoisotopic (exact) mass is 311 g/mol. The fourth-order valence-electron chi connectivity index (χ4n) is 3.30. The predicted octanol–water partition coefficient (Wildman–Crippen LogP) is 1.42. The Balaban J connectivity index is 1.62. The molecular weight excluding hydrogens is 294 g/mol. The normalized spacial score (nSPS) is 17.9. The number of imidazole rings is 2. The molecule has 23 heavy (non-hydrogen) atoms. The largest absolute Gasteiger partial charge is 0.347 e. The van der Waals surface area contributed by atoms with Crippen molar-refractivity contribution < 1.29 is 4.79 Å². The van der Waals surface area contributed by atoms with E-state index in [2.05, 4.69) is 15.0 Å². The molecule has 1 fully saturated rings. The number of carbonyl (C=O) groups excluding carboxylic acids is 1. The van der Waals surface area contributed by atoms with E-state index in [1.165, 1.54) is 4.57 Å². The number of aromatic amines is 2. The lowest BCUT2D eigenvalue weighted by molar-refractivity contribution is -0.132. The van der Waals surface area contributed by atoms with Gasteiger partial charge < -0.3 is 14.9 Å². The van der Waals surface area contributed by atoms with Crippen molar-refractivity contribution in [2.24, 2.45) is 0 Å². The second-order valence-corrected chi connectivity index (χ2v) is 5.75. The lowest BCUT2D eigenvalue weighted by Gasteiger charge is -2.23. The number of H-pyrrole nitrogens is 2. The number of aromatic nitrogens is 4. The highest BCUT2D eigenvalue weighted by atomic mass is 16.2. The van der Waals surface area contributed by atoms with Gasteiger partial charge in [0.1, 0.15) is 12.4 Å². The molecule has 1 aromatic carbocycles. The van der Waals surface area contributed by atoms with Crippen molar-refractivity contribution in [3.05, 3.63) is 53.0 Å². The van der Waals surface area contributed by atoms with Gasteiger partial charge in [0, 0.05) is 18.9 Å². The summed E-state index contributed by atoms with van der Waals surface area (Å²) in [5, 5.41) is 0. The summed E-state index contributed by atoms with van der Waals surface area (Å²) in [5.74, 6) is 0.748. The van der Waals surface area contributed by atoms with Gasteiger partial charge in [-0.05, 0) is 25.0 Å². The van der Waals surface area contributed by atoms with Crippen LogP contribution in [0.1, 0.15) is 24.7 Å². The SMILES string of the molecule is O=C(Cn1c(=O)[nH]c2ccccc21)N1CCCC1c1ncc[nH]1. The number of nitrogens with one attached hydrogen (secondary N) is 2. The average molecular weight is 311 g/mol. The van der Waals surface area contributed by atoms with Gasteiger partial charge in [0.15, 0.2) is 0 Å². The smallest absolute Gasteiger partial charge is 0.326 e. The van der Waals surface area contributed by atoms with Gasteiger partial charge in [0.05, 0.1) is 17.1 Å². The third-order valence-corrected chi connectivity index (χ3v) is 4.38. The molecule has 0 radical (unpaired) electrons. The first kappa shape index (κ1) is 13.8. The summed E-state index contributed by atoms with van der Waals surface area (Å²) >= 11 is 0. The number of carbonyl (C=O) groups is 1. The van der Waals surface area contributed by atoms with Crippen molar-refractivity contribution >= 4 is 16.9 Å². The number of amides is 1. The Morgan fingerprint density at radius 1 is 1.35 bits per heavy atom. The fraction of sp³-hybridized carbons (Fsp3) is 0.312. The molecule has 0 bridgehead atoms. The Labute approximate surface area is 132 Å². The van der Waals surface area contributed by atoms with E-state index < -0.39 is 0 Å². The Kier molecular flexibility index (Phi) is 3.25. The van der Waals surface area contributed by atoms with E-state index in [1.807, 2.05) is 29.2 Å². The molecule has 1 unspecified atom stereocenters. The Morgan fingerprint density at radius 3 is 3.04 bits per heavy atom. The average Bonchev–Trinajstić information content (AvgIpc) is 3.26. The van der Waals surface area contributed by atoms with Crippen molar-refractivity contribution in [2.75, 3.05) is 6.54 Å². The molecule has 1 amide bonds. The molecule has 0 spiro atoms. The van der Waals surface area contributed by atoms with Crippen LogP contribution in [0.15, 0.2) is 41.5 Å². The molecular formula is C16H17N5O2. The van der Waals surface area contributed by atoms with E-state index in [4.69, 9.17) is 0 Å². The lowest BCUT2D eigenvalue weighted by atomic mass is 10.2. The maximum Gasteiger partial charge on any atom is 0.326 e. The Bertz CT molecular complexity index is 893. The van der Waals surface area contributed by atoms with Crippen LogP contribution in [0.4, 0.5) is 0 Å². The van der Waals surface area contributed by atoms with Gasteiger partial charge >= 0.3 is 5.69 Å². The summed E-state index contributed by atoms with van der Waals surface area (Å²) < 4.78 is 1.50. The van der Waals surface area contributed by atoms with Gasteiger partial charge in [-0.2, -0.15) is 0 Å². The van der Waals surface area contributed by atoms with Gasteiger partial charge in [0.2, 0.25) is 5.91 Å². The first-order valence-electron chi connectivity index (χ1n) is 7.70. The molecule has 7 nitrogen and oxygen atoms in total. The third-order valence-electron chi connectivity index (χ3n) is 4.38. The first-order chi connectivity index (χ1) is 11.2. The summed E-state index contributed by atoms with van der Waals surface area (Å²) in [7, 11) is 0. The molecule has 4 rings (SSSR count). The van der Waals surface area contributed by atoms with Crippen molar-refractivity contribution in [1.82, 2.24) is 24.4 Å². The maximum absolute atomic E-state index is 12.7. The van der Waals surface area contributed by atoms with Crippen LogP contribution in [0.3, 0.4) is 0 Å². The van der Waals surface area contributed by atoms with Gasteiger partial charge in [-0.1, -0.05) is 12.1 Å². The zero-order chi connectivity index (χ0) is 15.8. The number of nitrogens with zero attached hydrogens (tertiary/aromatic N) is 3. The summed E-state index contributed by atoms with van der Waals surface area (Å²) in [6, 6.07) is 7.36. The van der Waals surface area contributed by atoms with E-state index in [0.717, 1.165) is 29.7 Å². The Hall–Kier alpha value is -2.83. The van der Waals surface area contributed by atoms with Crippen molar-refractivity contribution in [3.63, 3.8) is 0 Å². The van der Waals surface area contributed by atoms with Crippen LogP contribution < -0.4 is 5.69 Å². The van der Waals surface area contributed by atoms with Crippen molar-refractivity contribution in [2.45, 2.75) is 25.4 Å². The number of benzene rings is 1. The highest BCUT2D eigenvalue weighted by Gasteiger charge is 2.31. The molecule has 2 aromatic heterocycles. The summed E-state index contributed by atoms with van der Waals surface area (Å²) in [5.41, 5.74) is 1.24. The molecule has 0 aliphatic carbocycles. The van der Waals surface area contributed by atoms with E-state index >= 15 is 0 Å². The topological polar surface area (TPSA) is 86.8 Å². The van der Waals surface area contributed by atoms with Gasteiger partial charge in [-0.3, -0.25) is 9.36 Å². The highest BCUT2D eigenvalue weighted by molar-refractivity contribution is 5.81. The quantitative estimate of drug-likeness (QED) is 0.767. The van der Waals surface area contributed by atoms with Gasteiger partial charge in [-0.25, -0.2) is 9.78 Å². The molecule has 7 heteroatoms. The maximum atomic E-state index is 12.7. The third kappa shape index (κ3) is 2.34. The minimum Gasteiger partial charge on any atom is -0.347 e. The molecule has 3 aromatic rings. The standard InChI is InChI=1S/C16H17N5O2/c22-14(20-9-3-6-13(20)15-17-7-8-18-15)10-21-12-5-2-1-4-11(12)19-16(21)23/h1-2,4-5,7-8,13H,3,6,9-10H2,(H,17,18)(H,19,23). The number of fused-ring (bicyclic) bond motifs is 1. The van der Waals surface area contributed by atoms with Crippen LogP contribution in [-0.4, -0.2) is 36.9 Å². The molecule has 1 aliphatic rings. The van der Waals surface area contributed by atoms with Gasteiger partial charge in [0.25, 0.3) is 0 Å². The van der Waals surface area contributed by atoms with Crippen LogP contribution >= 0.6 is 0 Å². The van der Waals surface area contributed by atoms with Crippen LogP contribution in [0, 0.1) is 0 Å². The summed E-state index contributed by atoms with van der Waals surface area (Å²) in [4.78, 5) is 36.8. The first-order valence-corrected chi connectivity index (χ1v) is 7.70.